The maximum absolute atomic E-state index is 12.4. The number of fused-ring (bicyclic) bond motifs is 1. The van der Waals surface area contributed by atoms with E-state index in [1.165, 1.54) is 11.1 Å². The molecule has 1 aliphatic heterocycles. The van der Waals surface area contributed by atoms with Crippen LogP contribution in [0, 0.1) is 0 Å². The van der Waals surface area contributed by atoms with E-state index < -0.39 is 0 Å². The quantitative estimate of drug-likeness (QED) is 0.764. The number of amides is 1. The molecular weight excluding hydrogens is 332 g/mol. The highest BCUT2D eigenvalue weighted by Gasteiger charge is 2.25. The van der Waals surface area contributed by atoms with Crippen molar-refractivity contribution in [3.8, 4) is 5.75 Å². The van der Waals surface area contributed by atoms with Crippen molar-refractivity contribution < 1.29 is 9.53 Å². The van der Waals surface area contributed by atoms with Crippen LogP contribution in [0.3, 0.4) is 0 Å². The van der Waals surface area contributed by atoms with Crippen LogP contribution in [0.1, 0.15) is 29.3 Å². The third-order valence-electron chi connectivity index (χ3n) is 5.04. The summed E-state index contributed by atoms with van der Waals surface area (Å²) in [5.74, 6) is 1.62. The first-order valence-corrected chi connectivity index (χ1v) is 9.58. The number of rotatable bonds is 4. The molecule has 0 unspecified atom stereocenters. The molecule has 1 N–H and O–H groups in total. The smallest absolute Gasteiger partial charge is 0.227 e. The van der Waals surface area contributed by atoms with Crippen molar-refractivity contribution in [1.82, 2.24) is 9.88 Å². The molecule has 1 aromatic carbocycles. The predicted octanol–water partition coefficient (Wildman–Crippen LogP) is 4.19. The van der Waals surface area contributed by atoms with Gasteiger partial charge in [0.2, 0.25) is 5.91 Å². The molecule has 1 saturated heterocycles. The second-order valence-corrected chi connectivity index (χ2v) is 7.62. The minimum Gasteiger partial charge on any atom is -0.497 e. The van der Waals surface area contributed by atoms with Gasteiger partial charge in [0, 0.05) is 40.5 Å². The fraction of sp³-hybridized carbons (Fsp3) is 0.350. The molecular formula is C20H22N2O2S. The van der Waals surface area contributed by atoms with Crippen molar-refractivity contribution >= 4 is 28.1 Å². The molecule has 130 valence electrons. The molecule has 0 saturated carbocycles. The van der Waals surface area contributed by atoms with Gasteiger partial charge in [0.25, 0.3) is 0 Å². The van der Waals surface area contributed by atoms with Crippen LogP contribution >= 0.6 is 11.3 Å². The van der Waals surface area contributed by atoms with Crippen LogP contribution in [0.15, 0.2) is 41.8 Å². The Hall–Kier alpha value is -2.27. The number of nitrogens with one attached hydrogen (secondary N) is 1. The summed E-state index contributed by atoms with van der Waals surface area (Å²) >= 11 is 1.66. The van der Waals surface area contributed by atoms with E-state index in [1.807, 2.05) is 28.5 Å². The number of nitrogens with zero attached hydrogens (tertiary/aromatic N) is 1. The number of likely N-dealkylation sites (tertiary alicyclic amines) is 1. The summed E-state index contributed by atoms with van der Waals surface area (Å²) in [6, 6.07) is 12.4. The fourth-order valence-corrected chi connectivity index (χ4v) is 4.29. The van der Waals surface area contributed by atoms with Gasteiger partial charge < -0.3 is 14.6 Å². The van der Waals surface area contributed by atoms with Gasteiger partial charge in [-0.3, -0.25) is 4.79 Å². The van der Waals surface area contributed by atoms with Gasteiger partial charge in [0.05, 0.1) is 13.5 Å². The lowest BCUT2D eigenvalue weighted by molar-refractivity contribution is -0.131. The number of benzene rings is 1. The standard InChI is InChI=1S/C20H22N2O2S/c1-24-16-4-5-18-15(11-16)12-19(21-18)14-6-8-22(9-7-14)20(23)13-17-3-2-10-25-17/h2-5,10-12,14,21H,6-9,13H2,1H3. The minimum absolute atomic E-state index is 0.252. The Balaban J connectivity index is 1.40. The average molecular weight is 354 g/mol. The number of carbonyl (C=O) groups excluding carboxylic acids is 1. The monoisotopic (exact) mass is 354 g/mol. The predicted molar refractivity (Wildman–Crippen MR) is 101 cm³/mol. The van der Waals surface area contributed by atoms with E-state index in [2.05, 4.69) is 23.2 Å². The van der Waals surface area contributed by atoms with Crippen LogP contribution in [-0.4, -0.2) is 36.0 Å². The Morgan fingerprint density at radius 3 is 2.84 bits per heavy atom. The highest BCUT2D eigenvalue weighted by atomic mass is 32.1. The first kappa shape index (κ1) is 16.2. The number of ether oxygens (including phenoxy) is 1. The van der Waals surface area contributed by atoms with E-state index in [0.29, 0.717) is 12.3 Å². The van der Waals surface area contributed by atoms with Crippen LogP contribution in [-0.2, 0) is 11.2 Å². The number of piperidine rings is 1. The molecule has 4 rings (SSSR count). The van der Waals surface area contributed by atoms with E-state index in [4.69, 9.17) is 4.74 Å². The molecule has 3 aromatic rings. The van der Waals surface area contributed by atoms with Crippen LogP contribution in [0.25, 0.3) is 10.9 Å². The normalized spacial score (nSPS) is 15.6. The minimum atomic E-state index is 0.252. The van der Waals surface area contributed by atoms with Gasteiger partial charge in [-0.15, -0.1) is 11.3 Å². The number of aromatic amines is 1. The van der Waals surface area contributed by atoms with Crippen molar-refractivity contribution in [3.63, 3.8) is 0 Å². The molecule has 3 heterocycles. The van der Waals surface area contributed by atoms with E-state index in [-0.39, 0.29) is 5.91 Å². The van der Waals surface area contributed by atoms with Gasteiger partial charge >= 0.3 is 0 Å². The summed E-state index contributed by atoms with van der Waals surface area (Å²) in [6.45, 7) is 1.68. The number of thiophene rings is 1. The SMILES string of the molecule is COc1ccc2[nH]c(C3CCN(C(=O)Cc4cccs4)CC3)cc2c1. The van der Waals surface area contributed by atoms with Gasteiger partial charge in [-0.1, -0.05) is 6.07 Å². The molecule has 2 aromatic heterocycles. The summed E-state index contributed by atoms with van der Waals surface area (Å²) in [7, 11) is 1.69. The second kappa shape index (κ2) is 6.92. The molecule has 1 fully saturated rings. The maximum atomic E-state index is 12.4. The third kappa shape index (κ3) is 3.42. The molecule has 5 heteroatoms. The van der Waals surface area contributed by atoms with Crippen molar-refractivity contribution in [2.24, 2.45) is 0 Å². The zero-order chi connectivity index (χ0) is 17.2. The Morgan fingerprint density at radius 2 is 2.12 bits per heavy atom. The van der Waals surface area contributed by atoms with Gasteiger partial charge in [-0.05, 0) is 48.6 Å². The Labute approximate surface area is 151 Å². The number of hydrogen-bond acceptors (Lipinski definition) is 3. The zero-order valence-electron chi connectivity index (χ0n) is 14.3. The Bertz CT molecular complexity index is 861. The number of H-pyrrole nitrogens is 1. The lowest BCUT2D eigenvalue weighted by atomic mass is 9.93. The van der Waals surface area contributed by atoms with Crippen LogP contribution < -0.4 is 4.74 Å². The van der Waals surface area contributed by atoms with E-state index in [9.17, 15) is 4.79 Å². The first-order valence-electron chi connectivity index (χ1n) is 8.70. The second-order valence-electron chi connectivity index (χ2n) is 6.59. The summed E-state index contributed by atoms with van der Waals surface area (Å²) in [5, 5.41) is 3.21. The molecule has 0 spiro atoms. The molecule has 1 amide bonds. The molecule has 0 radical (unpaired) electrons. The molecule has 0 bridgehead atoms. The van der Waals surface area contributed by atoms with E-state index in [0.717, 1.165) is 42.1 Å². The number of methoxy groups -OCH3 is 1. The van der Waals surface area contributed by atoms with Gasteiger partial charge in [-0.2, -0.15) is 0 Å². The largest absolute Gasteiger partial charge is 0.497 e. The molecule has 0 atom stereocenters. The van der Waals surface area contributed by atoms with Gasteiger partial charge in [0.15, 0.2) is 0 Å². The van der Waals surface area contributed by atoms with E-state index >= 15 is 0 Å². The third-order valence-corrected chi connectivity index (χ3v) is 5.92. The van der Waals surface area contributed by atoms with E-state index in [1.54, 1.807) is 18.4 Å². The fourth-order valence-electron chi connectivity index (χ4n) is 3.59. The first-order chi connectivity index (χ1) is 12.2. The number of carbonyl (C=O) groups is 1. The lowest BCUT2D eigenvalue weighted by Gasteiger charge is -2.31. The summed E-state index contributed by atoms with van der Waals surface area (Å²) in [6.07, 6.45) is 2.56. The molecule has 25 heavy (non-hydrogen) atoms. The van der Waals surface area contributed by atoms with Crippen LogP contribution in [0.5, 0.6) is 5.75 Å². The van der Waals surface area contributed by atoms with Crippen molar-refractivity contribution in [2.45, 2.75) is 25.2 Å². The van der Waals surface area contributed by atoms with Gasteiger partial charge in [-0.25, -0.2) is 0 Å². The van der Waals surface area contributed by atoms with Crippen molar-refractivity contribution in [3.05, 3.63) is 52.3 Å². The number of hydrogen-bond donors (Lipinski definition) is 1. The topological polar surface area (TPSA) is 45.3 Å². The molecule has 1 aliphatic rings. The Kier molecular flexibility index (Phi) is 4.49. The summed E-state index contributed by atoms with van der Waals surface area (Å²) in [5.41, 5.74) is 2.42. The van der Waals surface area contributed by atoms with Crippen molar-refractivity contribution in [2.75, 3.05) is 20.2 Å². The highest BCUT2D eigenvalue weighted by Crippen LogP contribution is 2.31. The van der Waals surface area contributed by atoms with Gasteiger partial charge in [0.1, 0.15) is 5.75 Å². The lowest BCUT2D eigenvalue weighted by Crippen LogP contribution is -2.38. The Morgan fingerprint density at radius 1 is 1.28 bits per heavy atom. The van der Waals surface area contributed by atoms with Crippen molar-refractivity contribution in [1.29, 1.82) is 0 Å². The molecule has 0 aliphatic carbocycles. The maximum Gasteiger partial charge on any atom is 0.227 e. The highest BCUT2D eigenvalue weighted by molar-refractivity contribution is 7.10. The number of aromatic nitrogens is 1. The zero-order valence-corrected chi connectivity index (χ0v) is 15.1. The van der Waals surface area contributed by atoms with Crippen LogP contribution in [0.2, 0.25) is 0 Å². The summed E-state index contributed by atoms with van der Waals surface area (Å²) < 4.78 is 5.30. The van der Waals surface area contributed by atoms with Crippen LogP contribution in [0.4, 0.5) is 0 Å². The summed E-state index contributed by atoms with van der Waals surface area (Å²) in [4.78, 5) is 19.1. The average Bonchev–Trinajstić information content (AvgIpc) is 3.30. The molecule has 4 nitrogen and oxygen atoms in total.